The van der Waals surface area contributed by atoms with E-state index >= 15 is 0 Å². The Balaban J connectivity index is 2.82. The van der Waals surface area contributed by atoms with E-state index in [-0.39, 0.29) is 5.75 Å². The minimum Gasteiger partial charge on any atom is -0.508 e. The van der Waals surface area contributed by atoms with Gasteiger partial charge in [-0.3, -0.25) is 0 Å². The topological polar surface area (TPSA) is 72.5 Å². The van der Waals surface area contributed by atoms with Crippen LogP contribution >= 0.6 is 0 Å². The van der Waals surface area contributed by atoms with Crippen LogP contribution < -0.4 is 5.73 Å². The zero-order chi connectivity index (χ0) is 9.84. The number of hydrogen-bond acceptors (Lipinski definition) is 3. The molecule has 0 spiro atoms. The van der Waals surface area contributed by atoms with Crippen LogP contribution in [0.15, 0.2) is 24.3 Å². The van der Waals surface area contributed by atoms with Gasteiger partial charge in [-0.1, -0.05) is 18.2 Å². The molecule has 0 bridgehead atoms. The van der Waals surface area contributed by atoms with Crippen molar-refractivity contribution in [2.24, 2.45) is 5.73 Å². The van der Waals surface area contributed by atoms with E-state index in [2.05, 4.69) is 0 Å². The van der Waals surface area contributed by atoms with Crippen LogP contribution in [0.1, 0.15) is 18.6 Å². The van der Waals surface area contributed by atoms with E-state index in [1.54, 1.807) is 25.1 Å². The number of benzene rings is 1. The van der Waals surface area contributed by atoms with Crippen LogP contribution in [-0.4, -0.2) is 11.2 Å². The highest BCUT2D eigenvalue weighted by Crippen LogP contribution is 2.25. The van der Waals surface area contributed by atoms with E-state index in [4.69, 9.17) is 10.5 Å². The SMILES string of the molecule is CC(OC(N)=O)c1ccccc1O. The Morgan fingerprint density at radius 3 is 2.69 bits per heavy atom. The summed E-state index contributed by atoms with van der Waals surface area (Å²) in [5.41, 5.74) is 5.38. The fourth-order valence-electron chi connectivity index (χ4n) is 1.07. The summed E-state index contributed by atoms with van der Waals surface area (Å²) in [5.74, 6) is 0.0938. The van der Waals surface area contributed by atoms with E-state index < -0.39 is 12.2 Å². The Kier molecular flexibility index (Phi) is 2.74. The lowest BCUT2D eigenvalue weighted by atomic mass is 10.1. The third kappa shape index (κ3) is 2.37. The lowest BCUT2D eigenvalue weighted by Gasteiger charge is -2.12. The molecule has 0 aromatic heterocycles. The molecule has 0 aliphatic heterocycles. The molecule has 4 heteroatoms. The summed E-state index contributed by atoms with van der Waals surface area (Å²) in [7, 11) is 0. The van der Waals surface area contributed by atoms with Crippen molar-refractivity contribution in [2.45, 2.75) is 13.0 Å². The molecule has 0 aliphatic carbocycles. The van der Waals surface area contributed by atoms with Gasteiger partial charge in [-0.25, -0.2) is 4.79 Å². The maximum Gasteiger partial charge on any atom is 0.405 e. The predicted octanol–water partition coefficient (Wildman–Crippen LogP) is 1.55. The maximum absolute atomic E-state index is 10.4. The van der Waals surface area contributed by atoms with E-state index in [0.29, 0.717) is 5.56 Å². The zero-order valence-electron chi connectivity index (χ0n) is 7.23. The number of nitrogens with two attached hydrogens (primary N) is 1. The number of phenols is 1. The fraction of sp³-hybridized carbons (Fsp3) is 0.222. The number of amides is 1. The second kappa shape index (κ2) is 3.80. The molecule has 0 heterocycles. The van der Waals surface area contributed by atoms with Crippen LogP contribution in [0.5, 0.6) is 5.75 Å². The van der Waals surface area contributed by atoms with Crippen molar-refractivity contribution in [3.05, 3.63) is 29.8 Å². The van der Waals surface area contributed by atoms with Gasteiger partial charge in [0.05, 0.1) is 0 Å². The lowest BCUT2D eigenvalue weighted by Crippen LogP contribution is -2.15. The molecule has 4 nitrogen and oxygen atoms in total. The van der Waals surface area contributed by atoms with Crippen molar-refractivity contribution in [2.75, 3.05) is 0 Å². The molecule has 70 valence electrons. The summed E-state index contributed by atoms with van der Waals surface area (Å²) in [6, 6.07) is 6.63. The molecule has 0 saturated heterocycles. The number of hydrogen-bond donors (Lipinski definition) is 2. The summed E-state index contributed by atoms with van der Waals surface area (Å²) >= 11 is 0. The molecular formula is C9H11NO3. The Bertz CT molecular complexity index is 311. The summed E-state index contributed by atoms with van der Waals surface area (Å²) < 4.78 is 4.70. The first-order valence-electron chi connectivity index (χ1n) is 3.85. The monoisotopic (exact) mass is 181 g/mol. The van der Waals surface area contributed by atoms with E-state index in [9.17, 15) is 9.90 Å². The number of phenolic OH excluding ortho intramolecular Hbond substituents is 1. The standard InChI is InChI=1S/C9H11NO3/c1-6(13-9(10)12)7-4-2-3-5-8(7)11/h2-6,11H,1H3,(H2,10,12). The van der Waals surface area contributed by atoms with Crippen molar-refractivity contribution in [1.29, 1.82) is 0 Å². The van der Waals surface area contributed by atoms with E-state index in [1.165, 1.54) is 6.07 Å². The summed E-state index contributed by atoms with van der Waals surface area (Å²) in [5, 5.41) is 9.36. The van der Waals surface area contributed by atoms with Gasteiger partial charge in [0.2, 0.25) is 0 Å². The van der Waals surface area contributed by atoms with Crippen molar-refractivity contribution in [1.82, 2.24) is 0 Å². The van der Waals surface area contributed by atoms with Gasteiger partial charge in [0.1, 0.15) is 11.9 Å². The molecule has 1 aromatic rings. The molecule has 0 radical (unpaired) electrons. The summed E-state index contributed by atoms with van der Waals surface area (Å²) in [6.07, 6.45) is -1.38. The fourth-order valence-corrected chi connectivity index (χ4v) is 1.07. The third-order valence-corrected chi connectivity index (χ3v) is 1.67. The van der Waals surface area contributed by atoms with Gasteiger partial charge in [0.15, 0.2) is 0 Å². The molecule has 1 atom stereocenters. The number of primary amides is 1. The molecule has 1 aromatic carbocycles. The number of para-hydroxylation sites is 1. The molecule has 1 amide bonds. The average Bonchev–Trinajstić information content (AvgIpc) is 2.03. The lowest BCUT2D eigenvalue weighted by molar-refractivity contribution is 0.115. The first-order chi connectivity index (χ1) is 6.11. The Morgan fingerprint density at radius 1 is 1.54 bits per heavy atom. The van der Waals surface area contributed by atoms with Gasteiger partial charge in [0, 0.05) is 5.56 Å². The molecule has 0 saturated carbocycles. The zero-order valence-corrected chi connectivity index (χ0v) is 7.23. The number of rotatable bonds is 2. The number of carbonyl (C=O) groups excluding carboxylic acids is 1. The van der Waals surface area contributed by atoms with Gasteiger partial charge in [-0.2, -0.15) is 0 Å². The van der Waals surface area contributed by atoms with Crippen molar-refractivity contribution >= 4 is 6.09 Å². The first-order valence-corrected chi connectivity index (χ1v) is 3.85. The van der Waals surface area contributed by atoms with Crippen LogP contribution in [0.25, 0.3) is 0 Å². The van der Waals surface area contributed by atoms with Gasteiger partial charge < -0.3 is 15.6 Å². The number of aromatic hydroxyl groups is 1. The smallest absolute Gasteiger partial charge is 0.405 e. The average molecular weight is 181 g/mol. The van der Waals surface area contributed by atoms with E-state index in [1.807, 2.05) is 0 Å². The second-order valence-electron chi connectivity index (χ2n) is 2.64. The third-order valence-electron chi connectivity index (χ3n) is 1.67. The van der Waals surface area contributed by atoms with Crippen LogP contribution in [-0.2, 0) is 4.74 Å². The second-order valence-corrected chi connectivity index (χ2v) is 2.64. The molecule has 1 unspecified atom stereocenters. The van der Waals surface area contributed by atoms with Crippen LogP contribution in [0.3, 0.4) is 0 Å². The Labute approximate surface area is 75.9 Å². The largest absolute Gasteiger partial charge is 0.508 e. The van der Waals surface area contributed by atoms with Crippen molar-refractivity contribution in [3.8, 4) is 5.75 Å². The predicted molar refractivity (Wildman–Crippen MR) is 47.2 cm³/mol. The van der Waals surface area contributed by atoms with Crippen LogP contribution in [0, 0.1) is 0 Å². The molecule has 3 N–H and O–H groups in total. The van der Waals surface area contributed by atoms with Crippen LogP contribution in [0.4, 0.5) is 4.79 Å². The first kappa shape index (κ1) is 9.38. The van der Waals surface area contributed by atoms with Gasteiger partial charge in [-0.05, 0) is 13.0 Å². The summed E-state index contributed by atoms with van der Waals surface area (Å²) in [4.78, 5) is 10.4. The molecule has 1 rings (SSSR count). The minimum atomic E-state index is -0.851. The van der Waals surface area contributed by atoms with Gasteiger partial charge in [0.25, 0.3) is 0 Å². The molecule has 0 aliphatic rings. The van der Waals surface area contributed by atoms with Gasteiger partial charge >= 0.3 is 6.09 Å². The Hall–Kier alpha value is -1.71. The highest BCUT2D eigenvalue weighted by molar-refractivity contribution is 5.65. The molecule has 13 heavy (non-hydrogen) atoms. The quantitative estimate of drug-likeness (QED) is 0.726. The Morgan fingerprint density at radius 2 is 2.15 bits per heavy atom. The van der Waals surface area contributed by atoms with E-state index in [0.717, 1.165) is 0 Å². The normalized spacial score (nSPS) is 12.1. The molecule has 0 fully saturated rings. The van der Waals surface area contributed by atoms with Crippen molar-refractivity contribution in [3.63, 3.8) is 0 Å². The van der Waals surface area contributed by atoms with Crippen molar-refractivity contribution < 1.29 is 14.6 Å². The minimum absolute atomic E-state index is 0.0938. The molecular weight excluding hydrogens is 170 g/mol. The highest BCUT2D eigenvalue weighted by Gasteiger charge is 2.11. The highest BCUT2D eigenvalue weighted by atomic mass is 16.6. The number of carbonyl (C=O) groups is 1. The number of ether oxygens (including phenoxy) is 1. The van der Waals surface area contributed by atoms with Crippen LogP contribution in [0.2, 0.25) is 0 Å². The maximum atomic E-state index is 10.4. The summed E-state index contributed by atoms with van der Waals surface area (Å²) in [6.45, 7) is 1.64. The van der Waals surface area contributed by atoms with Gasteiger partial charge in [-0.15, -0.1) is 0 Å².